The minimum atomic E-state index is -0.342. The molecule has 0 radical (unpaired) electrons. The average molecular weight is 242 g/mol. The predicted octanol–water partition coefficient (Wildman–Crippen LogP) is 4.05. The Labute approximate surface area is 103 Å². The van der Waals surface area contributed by atoms with Gasteiger partial charge in [-0.1, -0.05) is 6.58 Å². The van der Waals surface area contributed by atoms with Crippen molar-refractivity contribution in [3.63, 3.8) is 0 Å². The number of rotatable bonds is 1. The SMILES string of the molecule is C=CP1N(C(C)(C)C)CCCN1C(C)(C)C. The van der Waals surface area contributed by atoms with Crippen LogP contribution in [0.2, 0.25) is 0 Å². The zero-order chi connectivity index (χ0) is 12.6. The van der Waals surface area contributed by atoms with Gasteiger partial charge in [0.2, 0.25) is 0 Å². The van der Waals surface area contributed by atoms with E-state index >= 15 is 0 Å². The van der Waals surface area contributed by atoms with Crippen LogP contribution in [0.15, 0.2) is 12.4 Å². The van der Waals surface area contributed by atoms with Crippen molar-refractivity contribution in [1.82, 2.24) is 9.34 Å². The Hall–Kier alpha value is 0.0900. The summed E-state index contributed by atoms with van der Waals surface area (Å²) in [5.74, 6) is 2.16. The fraction of sp³-hybridized carbons (Fsp3) is 0.846. The third-order valence-corrected chi connectivity index (χ3v) is 5.86. The first-order valence-corrected chi connectivity index (χ1v) is 7.46. The van der Waals surface area contributed by atoms with E-state index in [4.69, 9.17) is 0 Å². The van der Waals surface area contributed by atoms with E-state index in [0.717, 1.165) is 0 Å². The predicted molar refractivity (Wildman–Crippen MR) is 74.7 cm³/mol. The van der Waals surface area contributed by atoms with Gasteiger partial charge < -0.3 is 0 Å². The Morgan fingerprint density at radius 1 is 0.938 bits per heavy atom. The van der Waals surface area contributed by atoms with Gasteiger partial charge in [-0.25, -0.2) is 0 Å². The molecule has 16 heavy (non-hydrogen) atoms. The molecule has 0 N–H and O–H groups in total. The molecule has 94 valence electrons. The van der Waals surface area contributed by atoms with Gasteiger partial charge in [-0.3, -0.25) is 9.34 Å². The second-order valence-corrected chi connectivity index (χ2v) is 8.42. The Morgan fingerprint density at radius 2 is 1.31 bits per heavy atom. The van der Waals surface area contributed by atoms with Gasteiger partial charge in [0.1, 0.15) is 0 Å². The van der Waals surface area contributed by atoms with Crippen LogP contribution >= 0.6 is 8.22 Å². The van der Waals surface area contributed by atoms with Crippen LogP contribution in [0.5, 0.6) is 0 Å². The van der Waals surface area contributed by atoms with Crippen molar-refractivity contribution < 1.29 is 0 Å². The monoisotopic (exact) mass is 242 g/mol. The number of hydrogen-bond donors (Lipinski definition) is 0. The molecule has 0 unspecified atom stereocenters. The molecular formula is C13H27N2P. The summed E-state index contributed by atoms with van der Waals surface area (Å²) >= 11 is 0. The molecule has 1 heterocycles. The first kappa shape index (κ1) is 14.2. The lowest BCUT2D eigenvalue weighted by Crippen LogP contribution is -2.50. The van der Waals surface area contributed by atoms with E-state index in [1.807, 2.05) is 0 Å². The average Bonchev–Trinajstić information content (AvgIpc) is 2.13. The Bertz CT molecular complexity index is 228. The summed E-state index contributed by atoms with van der Waals surface area (Å²) in [7, 11) is -0.342. The topological polar surface area (TPSA) is 6.48 Å². The van der Waals surface area contributed by atoms with Crippen LogP contribution in [0.4, 0.5) is 0 Å². The summed E-state index contributed by atoms with van der Waals surface area (Å²) < 4.78 is 5.23. The molecular weight excluding hydrogens is 215 g/mol. The maximum Gasteiger partial charge on any atom is 0.0651 e. The van der Waals surface area contributed by atoms with E-state index < -0.39 is 0 Å². The second-order valence-electron chi connectivity index (χ2n) is 6.44. The zero-order valence-corrected chi connectivity index (χ0v) is 12.6. The van der Waals surface area contributed by atoms with Crippen molar-refractivity contribution in [2.45, 2.75) is 59.0 Å². The molecule has 1 aliphatic rings. The smallest absolute Gasteiger partial charge is 0.0651 e. The van der Waals surface area contributed by atoms with Gasteiger partial charge in [0.15, 0.2) is 0 Å². The van der Waals surface area contributed by atoms with E-state index in [0.29, 0.717) is 0 Å². The van der Waals surface area contributed by atoms with Gasteiger partial charge in [0.05, 0.1) is 8.22 Å². The highest BCUT2D eigenvalue weighted by molar-refractivity contribution is 7.56. The van der Waals surface area contributed by atoms with Crippen LogP contribution in [0, 0.1) is 0 Å². The highest BCUT2D eigenvalue weighted by Gasteiger charge is 2.38. The molecule has 0 aromatic heterocycles. The van der Waals surface area contributed by atoms with Gasteiger partial charge in [-0.15, -0.1) is 0 Å². The molecule has 1 saturated heterocycles. The van der Waals surface area contributed by atoms with E-state index in [1.54, 1.807) is 0 Å². The highest BCUT2D eigenvalue weighted by Crippen LogP contribution is 2.54. The van der Waals surface area contributed by atoms with E-state index in [1.165, 1.54) is 19.5 Å². The second kappa shape index (κ2) is 4.76. The summed E-state index contributed by atoms with van der Waals surface area (Å²) in [6.45, 7) is 20.3. The number of nitrogens with zero attached hydrogens (tertiary/aromatic N) is 2. The van der Waals surface area contributed by atoms with Crippen molar-refractivity contribution in [2.75, 3.05) is 13.1 Å². The molecule has 2 nitrogen and oxygen atoms in total. The molecule has 1 fully saturated rings. The summed E-state index contributed by atoms with van der Waals surface area (Å²) in [5, 5.41) is 0. The highest BCUT2D eigenvalue weighted by atomic mass is 31.1. The minimum Gasteiger partial charge on any atom is -0.261 e. The largest absolute Gasteiger partial charge is 0.261 e. The van der Waals surface area contributed by atoms with Gasteiger partial charge in [0.25, 0.3) is 0 Å². The van der Waals surface area contributed by atoms with Crippen LogP contribution < -0.4 is 0 Å². The molecule has 0 saturated carbocycles. The van der Waals surface area contributed by atoms with Gasteiger partial charge in [-0.2, -0.15) is 0 Å². The van der Waals surface area contributed by atoms with Crippen molar-refractivity contribution in [3.8, 4) is 0 Å². The quantitative estimate of drug-likeness (QED) is 0.640. The Balaban J connectivity index is 2.94. The first-order chi connectivity index (χ1) is 7.18. The normalized spacial score (nSPS) is 22.4. The minimum absolute atomic E-state index is 0.240. The van der Waals surface area contributed by atoms with Crippen molar-refractivity contribution in [1.29, 1.82) is 0 Å². The molecule has 0 amide bonds. The van der Waals surface area contributed by atoms with Crippen LogP contribution in [0.1, 0.15) is 48.0 Å². The molecule has 3 heteroatoms. The lowest BCUT2D eigenvalue weighted by atomic mass is 10.1. The molecule has 0 aromatic carbocycles. The molecule has 0 bridgehead atoms. The van der Waals surface area contributed by atoms with Crippen LogP contribution in [0.3, 0.4) is 0 Å². The maximum atomic E-state index is 4.06. The van der Waals surface area contributed by atoms with E-state index in [-0.39, 0.29) is 19.3 Å². The van der Waals surface area contributed by atoms with Gasteiger partial charge in [-0.05, 0) is 53.8 Å². The molecule has 0 aliphatic carbocycles. The van der Waals surface area contributed by atoms with Crippen LogP contribution in [-0.4, -0.2) is 33.5 Å². The van der Waals surface area contributed by atoms with E-state index in [2.05, 4.69) is 63.3 Å². The van der Waals surface area contributed by atoms with Crippen LogP contribution in [-0.2, 0) is 0 Å². The Kier molecular flexibility index (Phi) is 4.21. The zero-order valence-electron chi connectivity index (χ0n) is 11.7. The third kappa shape index (κ3) is 3.06. The standard InChI is InChI=1S/C13H27N2P/c1-8-16-14(12(2,3)4)10-9-11-15(16)13(5,6)7/h8H,1,9-11H2,2-7H3. The lowest BCUT2D eigenvalue weighted by molar-refractivity contribution is 0.170. The van der Waals surface area contributed by atoms with Crippen molar-refractivity contribution in [2.24, 2.45) is 0 Å². The van der Waals surface area contributed by atoms with Gasteiger partial charge in [0, 0.05) is 24.2 Å². The fourth-order valence-electron chi connectivity index (χ4n) is 2.19. The molecule has 0 spiro atoms. The van der Waals surface area contributed by atoms with Crippen molar-refractivity contribution in [3.05, 3.63) is 12.4 Å². The maximum absolute atomic E-state index is 4.06. The van der Waals surface area contributed by atoms with E-state index in [9.17, 15) is 0 Å². The molecule has 0 aromatic rings. The number of hydrogen-bond acceptors (Lipinski definition) is 2. The Morgan fingerprint density at radius 3 is 1.56 bits per heavy atom. The third-order valence-electron chi connectivity index (χ3n) is 2.95. The fourth-order valence-corrected chi connectivity index (χ4v) is 4.77. The summed E-state index contributed by atoms with van der Waals surface area (Å²) in [6.07, 6.45) is 1.27. The van der Waals surface area contributed by atoms with Gasteiger partial charge >= 0.3 is 0 Å². The summed E-state index contributed by atoms with van der Waals surface area (Å²) in [6, 6.07) is 0. The molecule has 0 atom stereocenters. The summed E-state index contributed by atoms with van der Waals surface area (Å²) in [4.78, 5) is 0. The van der Waals surface area contributed by atoms with Crippen molar-refractivity contribution >= 4 is 8.22 Å². The summed E-state index contributed by atoms with van der Waals surface area (Å²) in [5.41, 5.74) is 0.480. The molecule has 1 rings (SSSR count). The first-order valence-electron chi connectivity index (χ1n) is 6.15. The van der Waals surface area contributed by atoms with Crippen LogP contribution in [0.25, 0.3) is 0 Å². The lowest BCUT2D eigenvalue weighted by Gasteiger charge is -2.52. The molecule has 1 aliphatic heterocycles.